The van der Waals surface area contributed by atoms with Crippen molar-refractivity contribution in [3.63, 3.8) is 0 Å². The van der Waals surface area contributed by atoms with Crippen LogP contribution in [0.3, 0.4) is 0 Å². The summed E-state index contributed by atoms with van der Waals surface area (Å²) in [5.41, 5.74) is 0. The number of carbonyl (C=O) groups is 4. The van der Waals surface area contributed by atoms with Gasteiger partial charge in [0.1, 0.15) is 19.3 Å². The maximum atomic E-state index is 13.1. The fourth-order valence-corrected chi connectivity index (χ4v) is 14.7. The Balaban J connectivity index is 5.14. The molecule has 0 heterocycles. The molecule has 2 unspecified atom stereocenters. The standard InChI is InChI=1S/C84H164O17P2/c1-5-9-13-17-21-24-27-30-32-34-36-38-40-42-44-46-49-52-55-59-63-67-71-84(89)101-80(75-95-82(87)69-65-61-57-53-50-48-45-43-41-39-37-35-33-31-28-25-22-18-14-10-6-2)77-99-103(92,93)97-73-78(85)72-96-102(90,91)98-76-79(74-94-81(86)68-64-60-56-20-16-12-8-4)100-83(88)70-66-62-58-54-51-47-29-26-23-19-15-11-7-3/h78-80,85H,5-77H2,1-4H3,(H,90,91)(H,92,93)/t78-,79+,80+/m0/s1. The summed E-state index contributed by atoms with van der Waals surface area (Å²) >= 11 is 0. The fraction of sp³-hybridized carbons (Fsp3) is 0.952. The van der Waals surface area contributed by atoms with Gasteiger partial charge in [0.15, 0.2) is 12.2 Å². The molecule has 0 spiro atoms. The molecule has 0 amide bonds. The quantitative estimate of drug-likeness (QED) is 0.0222. The Morgan fingerprint density at radius 2 is 0.388 bits per heavy atom. The lowest BCUT2D eigenvalue weighted by Gasteiger charge is -2.21. The monoisotopic (exact) mass is 1510 g/mol. The van der Waals surface area contributed by atoms with Gasteiger partial charge in [-0.05, 0) is 25.7 Å². The van der Waals surface area contributed by atoms with Crippen molar-refractivity contribution in [3.05, 3.63) is 0 Å². The molecule has 0 saturated carbocycles. The van der Waals surface area contributed by atoms with Crippen LogP contribution in [-0.2, 0) is 65.4 Å². The number of ether oxygens (including phenoxy) is 4. The molecule has 0 aliphatic heterocycles. The van der Waals surface area contributed by atoms with E-state index in [1.165, 1.54) is 276 Å². The predicted molar refractivity (Wildman–Crippen MR) is 423 cm³/mol. The van der Waals surface area contributed by atoms with Crippen LogP contribution in [0, 0.1) is 0 Å². The summed E-state index contributed by atoms with van der Waals surface area (Å²) < 4.78 is 68.7. The second-order valence-corrected chi connectivity index (χ2v) is 33.1. The van der Waals surface area contributed by atoms with Crippen molar-refractivity contribution < 1.29 is 80.2 Å². The van der Waals surface area contributed by atoms with Crippen LogP contribution in [0.25, 0.3) is 0 Å². The van der Waals surface area contributed by atoms with Gasteiger partial charge in [-0.1, -0.05) is 407 Å². The van der Waals surface area contributed by atoms with Crippen molar-refractivity contribution >= 4 is 39.5 Å². The molecule has 0 bridgehead atoms. The van der Waals surface area contributed by atoms with Gasteiger partial charge in [0, 0.05) is 25.7 Å². The number of aliphatic hydroxyl groups is 1. The summed E-state index contributed by atoms with van der Waals surface area (Å²) in [6, 6.07) is 0. The zero-order chi connectivity index (χ0) is 75.3. The Bertz CT molecular complexity index is 1950. The van der Waals surface area contributed by atoms with E-state index in [0.717, 1.165) is 103 Å². The molecule has 0 saturated heterocycles. The summed E-state index contributed by atoms with van der Waals surface area (Å²) in [6.07, 6.45) is 72.6. The molecule has 0 aromatic rings. The van der Waals surface area contributed by atoms with Crippen LogP contribution in [0.5, 0.6) is 0 Å². The molecule has 0 aliphatic carbocycles. The molecule has 0 rings (SSSR count). The van der Waals surface area contributed by atoms with Gasteiger partial charge in [-0.25, -0.2) is 9.13 Å². The summed E-state index contributed by atoms with van der Waals surface area (Å²) in [7, 11) is -9.91. The SMILES string of the molecule is CCCCCCCCCCCCCCCCCCCCCCCCC(=O)O[C@H](COC(=O)CCCCCCCCCCCCCCCCCCCCCCC)COP(=O)(O)OC[C@@H](O)COP(=O)(O)OC[C@@H](COC(=O)CCCCCCCCC)OC(=O)CCCCCCCCCCCCCCC. The van der Waals surface area contributed by atoms with Crippen molar-refractivity contribution in [3.8, 4) is 0 Å². The largest absolute Gasteiger partial charge is 0.472 e. The number of phosphoric acid groups is 2. The summed E-state index contributed by atoms with van der Waals surface area (Å²) in [5, 5.41) is 10.6. The minimum absolute atomic E-state index is 0.108. The number of rotatable bonds is 85. The van der Waals surface area contributed by atoms with Gasteiger partial charge >= 0.3 is 39.5 Å². The highest BCUT2D eigenvalue weighted by atomic mass is 31.2. The van der Waals surface area contributed by atoms with Crippen LogP contribution in [-0.4, -0.2) is 96.7 Å². The molecule has 0 aliphatic rings. The van der Waals surface area contributed by atoms with E-state index >= 15 is 0 Å². The first-order chi connectivity index (χ1) is 50.2. The van der Waals surface area contributed by atoms with Gasteiger partial charge in [0.25, 0.3) is 0 Å². The van der Waals surface area contributed by atoms with Crippen LogP contribution in [0.4, 0.5) is 0 Å². The molecular weight excluding hydrogens is 1340 g/mol. The first kappa shape index (κ1) is 101. The summed E-state index contributed by atoms with van der Waals surface area (Å²) in [6.45, 7) is 4.99. The second-order valence-electron chi connectivity index (χ2n) is 30.2. The van der Waals surface area contributed by atoms with E-state index in [2.05, 4.69) is 27.7 Å². The second kappa shape index (κ2) is 78.2. The van der Waals surface area contributed by atoms with Gasteiger partial charge in [-0.2, -0.15) is 0 Å². The van der Waals surface area contributed by atoms with Crippen molar-refractivity contribution in [2.45, 2.75) is 476 Å². The van der Waals surface area contributed by atoms with Crippen LogP contribution >= 0.6 is 15.6 Å². The number of aliphatic hydroxyl groups excluding tert-OH is 1. The highest BCUT2D eigenvalue weighted by Crippen LogP contribution is 2.45. The Morgan fingerprint density at radius 1 is 0.233 bits per heavy atom. The minimum Gasteiger partial charge on any atom is -0.462 e. The lowest BCUT2D eigenvalue weighted by molar-refractivity contribution is -0.161. The number of phosphoric ester groups is 2. The molecule has 0 aromatic heterocycles. The van der Waals surface area contributed by atoms with E-state index in [0.29, 0.717) is 25.7 Å². The molecule has 0 aromatic carbocycles. The van der Waals surface area contributed by atoms with Crippen molar-refractivity contribution in [1.29, 1.82) is 0 Å². The van der Waals surface area contributed by atoms with Crippen LogP contribution in [0.2, 0.25) is 0 Å². The van der Waals surface area contributed by atoms with Gasteiger partial charge in [0.05, 0.1) is 26.4 Å². The van der Waals surface area contributed by atoms with E-state index in [1.807, 2.05) is 0 Å². The van der Waals surface area contributed by atoms with Gasteiger partial charge < -0.3 is 33.8 Å². The molecule has 17 nitrogen and oxygen atoms in total. The van der Waals surface area contributed by atoms with Crippen molar-refractivity contribution in [1.82, 2.24) is 0 Å². The van der Waals surface area contributed by atoms with Gasteiger partial charge in [0.2, 0.25) is 0 Å². The van der Waals surface area contributed by atoms with E-state index < -0.39 is 97.5 Å². The number of carbonyl (C=O) groups excluding carboxylic acids is 4. The zero-order valence-electron chi connectivity index (χ0n) is 67.3. The van der Waals surface area contributed by atoms with Gasteiger partial charge in [-0.15, -0.1) is 0 Å². The maximum absolute atomic E-state index is 13.1. The summed E-state index contributed by atoms with van der Waals surface area (Å²) in [5.74, 6) is -2.11. The molecular formula is C84H164O17P2. The highest BCUT2D eigenvalue weighted by Gasteiger charge is 2.30. The van der Waals surface area contributed by atoms with Crippen LogP contribution < -0.4 is 0 Å². The van der Waals surface area contributed by atoms with Gasteiger partial charge in [-0.3, -0.25) is 37.3 Å². The molecule has 0 radical (unpaired) electrons. The van der Waals surface area contributed by atoms with E-state index in [9.17, 15) is 43.2 Å². The molecule has 19 heteroatoms. The number of hydrogen-bond donors (Lipinski definition) is 3. The molecule has 5 atom stereocenters. The summed E-state index contributed by atoms with van der Waals surface area (Å²) in [4.78, 5) is 72.9. The Hall–Kier alpha value is -1.94. The molecule has 0 fully saturated rings. The topological polar surface area (TPSA) is 237 Å². The van der Waals surface area contributed by atoms with Crippen molar-refractivity contribution in [2.24, 2.45) is 0 Å². The first-order valence-corrected chi connectivity index (χ1v) is 46.8. The highest BCUT2D eigenvalue weighted by molar-refractivity contribution is 7.47. The number of unbranched alkanes of at least 4 members (excludes halogenated alkanes) is 59. The average molecular weight is 1510 g/mol. The lowest BCUT2D eigenvalue weighted by Crippen LogP contribution is -2.30. The Morgan fingerprint density at radius 3 is 0.573 bits per heavy atom. The van der Waals surface area contributed by atoms with E-state index in [1.54, 1.807) is 0 Å². The smallest absolute Gasteiger partial charge is 0.462 e. The van der Waals surface area contributed by atoms with E-state index in [4.69, 9.17) is 37.0 Å². The Labute approximate surface area is 632 Å². The first-order valence-electron chi connectivity index (χ1n) is 43.8. The maximum Gasteiger partial charge on any atom is 0.472 e. The molecule has 3 N–H and O–H groups in total. The van der Waals surface area contributed by atoms with Crippen LogP contribution in [0.1, 0.15) is 458 Å². The zero-order valence-corrected chi connectivity index (χ0v) is 69.1. The van der Waals surface area contributed by atoms with Crippen LogP contribution in [0.15, 0.2) is 0 Å². The third-order valence-electron chi connectivity index (χ3n) is 19.9. The number of esters is 4. The predicted octanol–water partition coefficient (Wildman–Crippen LogP) is 25.7. The lowest BCUT2D eigenvalue weighted by atomic mass is 10.0. The van der Waals surface area contributed by atoms with E-state index in [-0.39, 0.29) is 25.7 Å². The fourth-order valence-electron chi connectivity index (χ4n) is 13.2. The third kappa shape index (κ3) is 78.0. The third-order valence-corrected chi connectivity index (χ3v) is 21.8. The number of hydrogen-bond acceptors (Lipinski definition) is 15. The average Bonchev–Trinajstić information content (AvgIpc) is 0.916. The Kier molecular flexibility index (Phi) is 76.7. The van der Waals surface area contributed by atoms with Crippen molar-refractivity contribution in [2.75, 3.05) is 39.6 Å². The molecule has 103 heavy (non-hydrogen) atoms. The molecule has 612 valence electrons. The normalized spacial score (nSPS) is 13.7. The minimum atomic E-state index is -4.96.